The lowest BCUT2D eigenvalue weighted by Crippen LogP contribution is -2.31. The summed E-state index contributed by atoms with van der Waals surface area (Å²) in [6, 6.07) is 7.33. The monoisotopic (exact) mass is 422 g/mol. The molecule has 2 heterocycles. The van der Waals surface area contributed by atoms with Crippen LogP contribution in [0.3, 0.4) is 0 Å². The summed E-state index contributed by atoms with van der Waals surface area (Å²) in [6.45, 7) is 2.07. The van der Waals surface area contributed by atoms with Gasteiger partial charge in [-0.25, -0.2) is 4.79 Å². The zero-order chi connectivity index (χ0) is 22.0. The van der Waals surface area contributed by atoms with Crippen molar-refractivity contribution in [2.45, 2.75) is 39.2 Å². The third-order valence-corrected chi connectivity index (χ3v) is 5.79. The minimum atomic E-state index is -0.260. The Labute approximate surface area is 180 Å². The van der Waals surface area contributed by atoms with Gasteiger partial charge in [0, 0.05) is 35.8 Å². The summed E-state index contributed by atoms with van der Waals surface area (Å²) < 4.78 is 16.6. The van der Waals surface area contributed by atoms with E-state index < -0.39 is 0 Å². The highest BCUT2D eigenvalue weighted by molar-refractivity contribution is 5.86. The molecule has 0 saturated carbocycles. The zero-order valence-electron chi connectivity index (χ0n) is 18.1. The average molecular weight is 422 g/mol. The van der Waals surface area contributed by atoms with Crippen LogP contribution in [0, 0.1) is 6.92 Å². The van der Waals surface area contributed by atoms with Gasteiger partial charge in [0.25, 0.3) is 5.91 Å². The molecule has 0 atom stereocenters. The molecule has 0 saturated heterocycles. The first-order valence-corrected chi connectivity index (χ1v) is 10.4. The van der Waals surface area contributed by atoms with Gasteiger partial charge < -0.3 is 18.8 Å². The minimum absolute atomic E-state index is 0.123. The second-order valence-corrected chi connectivity index (χ2v) is 7.84. The van der Waals surface area contributed by atoms with Crippen molar-refractivity contribution < 1.29 is 18.7 Å². The predicted octanol–water partition coefficient (Wildman–Crippen LogP) is 3.42. The third-order valence-electron chi connectivity index (χ3n) is 5.79. The van der Waals surface area contributed by atoms with Crippen LogP contribution in [0.2, 0.25) is 0 Å². The van der Waals surface area contributed by atoms with Crippen LogP contribution in [-0.4, -0.2) is 36.6 Å². The summed E-state index contributed by atoms with van der Waals surface area (Å²) in [4.78, 5) is 30.8. The molecule has 1 aliphatic rings. The van der Waals surface area contributed by atoms with Crippen LogP contribution in [0.15, 0.2) is 39.7 Å². The second kappa shape index (κ2) is 8.79. The summed E-state index contributed by atoms with van der Waals surface area (Å²) in [5.74, 6) is 1.04. The highest BCUT2D eigenvalue weighted by Gasteiger charge is 2.20. The highest BCUT2D eigenvalue weighted by Crippen LogP contribution is 2.32. The predicted molar refractivity (Wildman–Crippen MR) is 117 cm³/mol. The van der Waals surface area contributed by atoms with Gasteiger partial charge in [-0.05, 0) is 56.4 Å². The van der Waals surface area contributed by atoms with E-state index in [9.17, 15) is 9.59 Å². The third kappa shape index (κ3) is 4.26. The number of aromatic nitrogens is 1. The Morgan fingerprint density at radius 2 is 1.97 bits per heavy atom. The van der Waals surface area contributed by atoms with E-state index in [4.69, 9.17) is 13.9 Å². The van der Waals surface area contributed by atoms with Gasteiger partial charge in [-0.15, -0.1) is 0 Å². The van der Waals surface area contributed by atoms with E-state index in [0.29, 0.717) is 23.6 Å². The van der Waals surface area contributed by atoms with Crippen LogP contribution in [0.1, 0.15) is 35.2 Å². The lowest BCUT2D eigenvalue weighted by Gasteiger charge is -2.19. The number of carbonyl (C=O) groups excluding carboxylic acids is 1. The van der Waals surface area contributed by atoms with Gasteiger partial charge in [-0.3, -0.25) is 9.78 Å². The Bertz CT molecular complexity index is 1180. The van der Waals surface area contributed by atoms with Crippen LogP contribution in [0.4, 0.5) is 0 Å². The van der Waals surface area contributed by atoms with Crippen molar-refractivity contribution in [3.63, 3.8) is 0 Å². The van der Waals surface area contributed by atoms with Crippen molar-refractivity contribution in [1.82, 2.24) is 9.88 Å². The van der Waals surface area contributed by atoms with Crippen molar-refractivity contribution in [2.75, 3.05) is 20.8 Å². The lowest BCUT2D eigenvalue weighted by atomic mass is 9.90. The van der Waals surface area contributed by atoms with Crippen LogP contribution in [-0.2, 0) is 24.2 Å². The summed E-state index contributed by atoms with van der Waals surface area (Å²) >= 11 is 0. The Morgan fingerprint density at radius 1 is 1.19 bits per heavy atom. The number of rotatable bonds is 6. The van der Waals surface area contributed by atoms with E-state index in [0.717, 1.165) is 53.5 Å². The second-order valence-electron chi connectivity index (χ2n) is 7.84. The number of ether oxygens (including phenoxy) is 2. The Balaban J connectivity index is 1.49. The largest absolute Gasteiger partial charge is 0.497 e. The van der Waals surface area contributed by atoms with E-state index >= 15 is 0 Å². The van der Waals surface area contributed by atoms with E-state index in [1.54, 1.807) is 37.4 Å². The molecule has 7 nitrogen and oxygen atoms in total. The van der Waals surface area contributed by atoms with Crippen molar-refractivity contribution in [3.8, 4) is 11.5 Å². The molecule has 0 aliphatic heterocycles. The number of hydrogen-bond donors (Lipinski definition) is 0. The SMILES string of the molecule is COc1ccnc(CN(C)C(=O)COc2ccc3c4c(c(=O)oc3c2C)CCCC4)c1. The summed E-state index contributed by atoms with van der Waals surface area (Å²) in [5, 5.41) is 0.965. The van der Waals surface area contributed by atoms with Crippen molar-refractivity contribution >= 4 is 16.9 Å². The molecule has 0 fully saturated rings. The van der Waals surface area contributed by atoms with Crippen molar-refractivity contribution in [3.05, 3.63) is 63.3 Å². The van der Waals surface area contributed by atoms with E-state index in [1.807, 2.05) is 19.1 Å². The Morgan fingerprint density at radius 3 is 2.74 bits per heavy atom. The van der Waals surface area contributed by atoms with Gasteiger partial charge in [-0.2, -0.15) is 0 Å². The highest BCUT2D eigenvalue weighted by atomic mass is 16.5. The molecule has 0 bridgehead atoms. The molecule has 3 aromatic rings. The topological polar surface area (TPSA) is 81.9 Å². The van der Waals surface area contributed by atoms with Gasteiger partial charge in [-0.1, -0.05) is 0 Å². The number of likely N-dealkylation sites (N-methyl/N-ethyl adjacent to an activating group) is 1. The first kappa shape index (κ1) is 20.9. The fraction of sp³-hybridized carbons (Fsp3) is 0.375. The number of methoxy groups -OCH3 is 1. The van der Waals surface area contributed by atoms with Crippen LogP contribution in [0.25, 0.3) is 11.0 Å². The number of fused-ring (bicyclic) bond motifs is 3. The summed E-state index contributed by atoms with van der Waals surface area (Å²) in [5.41, 5.74) is 3.63. The fourth-order valence-corrected chi connectivity index (χ4v) is 4.03. The number of nitrogens with zero attached hydrogens (tertiary/aromatic N) is 2. The molecule has 7 heteroatoms. The molecular weight excluding hydrogens is 396 g/mol. The Hall–Kier alpha value is -3.35. The minimum Gasteiger partial charge on any atom is -0.497 e. The normalized spacial score (nSPS) is 13.0. The average Bonchev–Trinajstić information content (AvgIpc) is 2.79. The number of amides is 1. The zero-order valence-corrected chi connectivity index (χ0v) is 18.1. The summed E-state index contributed by atoms with van der Waals surface area (Å²) in [7, 11) is 3.29. The lowest BCUT2D eigenvalue weighted by molar-refractivity contribution is -0.132. The van der Waals surface area contributed by atoms with E-state index in [1.165, 1.54) is 0 Å². The van der Waals surface area contributed by atoms with Crippen molar-refractivity contribution in [2.24, 2.45) is 0 Å². The number of pyridine rings is 1. The van der Waals surface area contributed by atoms with E-state index in [2.05, 4.69) is 4.98 Å². The van der Waals surface area contributed by atoms with Gasteiger partial charge >= 0.3 is 5.63 Å². The molecule has 0 radical (unpaired) electrons. The molecule has 1 aromatic carbocycles. The quantitative estimate of drug-likeness (QED) is 0.566. The summed E-state index contributed by atoms with van der Waals surface area (Å²) in [6.07, 6.45) is 5.40. The molecule has 31 heavy (non-hydrogen) atoms. The fourth-order valence-electron chi connectivity index (χ4n) is 4.03. The maximum atomic E-state index is 12.6. The van der Waals surface area contributed by atoms with Gasteiger partial charge in [0.05, 0.1) is 19.3 Å². The molecule has 1 aliphatic carbocycles. The number of carbonyl (C=O) groups is 1. The van der Waals surface area contributed by atoms with Gasteiger partial charge in [0.1, 0.15) is 17.1 Å². The standard InChI is InChI=1S/C24H26N2O5/c1-15-21(9-8-19-18-6-4-5-7-20(18)24(28)31-23(15)19)30-14-22(27)26(2)13-16-12-17(29-3)10-11-25-16/h8-12H,4-7,13-14H2,1-3H3. The molecule has 2 aromatic heterocycles. The molecule has 0 unspecified atom stereocenters. The smallest absolute Gasteiger partial charge is 0.339 e. The maximum Gasteiger partial charge on any atom is 0.339 e. The van der Waals surface area contributed by atoms with Gasteiger partial charge in [0.2, 0.25) is 0 Å². The van der Waals surface area contributed by atoms with Crippen molar-refractivity contribution in [1.29, 1.82) is 0 Å². The number of aryl methyl sites for hydroxylation is 2. The van der Waals surface area contributed by atoms with Crippen LogP contribution < -0.4 is 15.1 Å². The molecule has 0 spiro atoms. The van der Waals surface area contributed by atoms with Gasteiger partial charge in [0.15, 0.2) is 6.61 Å². The maximum absolute atomic E-state index is 12.6. The molecule has 4 rings (SSSR count). The first-order chi connectivity index (χ1) is 15.0. The molecular formula is C24H26N2O5. The molecule has 1 amide bonds. The number of benzene rings is 1. The first-order valence-electron chi connectivity index (χ1n) is 10.4. The Kier molecular flexibility index (Phi) is 5.93. The van der Waals surface area contributed by atoms with E-state index in [-0.39, 0.29) is 18.1 Å². The molecule has 0 N–H and O–H groups in total. The molecule has 162 valence electrons. The van der Waals surface area contributed by atoms with Crippen LogP contribution in [0.5, 0.6) is 11.5 Å². The van der Waals surface area contributed by atoms with Crippen LogP contribution >= 0.6 is 0 Å². The number of hydrogen-bond acceptors (Lipinski definition) is 6.